The molecule has 35 heavy (non-hydrogen) atoms. The zero-order valence-corrected chi connectivity index (χ0v) is 19.6. The number of carboxylic acid groups (broad SMARTS) is 1. The topological polar surface area (TPSA) is 93.3 Å². The van der Waals surface area contributed by atoms with Crippen molar-refractivity contribution in [2.45, 2.75) is 76.4 Å². The van der Waals surface area contributed by atoms with Gasteiger partial charge in [0.25, 0.3) is 5.56 Å². The van der Waals surface area contributed by atoms with Crippen molar-refractivity contribution in [1.82, 2.24) is 9.13 Å². The molecular weight excluding hydrogens is 449 g/mol. The summed E-state index contributed by atoms with van der Waals surface area (Å²) in [4.78, 5) is 38.2. The van der Waals surface area contributed by atoms with Gasteiger partial charge in [-0.25, -0.2) is 14.0 Å². The van der Waals surface area contributed by atoms with Crippen LogP contribution in [0.15, 0.2) is 46.0 Å². The molecule has 0 atom stereocenters. The molecule has 0 radical (unpaired) electrons. The van der Waals surface area contributed by atoms with Crippen molar-refractivity contribution in [3.63, 3.8) is 0 Å². The van der Waals surface area contributed by atoms with Crippen molar-refractivity contribution in [3.05, 3.63) is 74.2 Å². The van der Waals surface area contributed by atoms with E-state index in [0.29, 0.717) is 16.8 Å². The Hall–Kier alpha value is -3.42. The number of aromatic carboxylic acids is 1. The molecule has 2 aromatic carbocycles. The lowest BCUT2D eigenvalue weighted by Crippen LogP contribution is -2.41. The second-order valence-corrected chi connectivity index (χ2v) is 9.81. The number of hydrogen-bond acceptors (Lipinski definition) is 4. The molecule has 2 saturated carbocycles. The summed E-state index contributed by atoms with van der Waals surface area (Å²) in [6.45, 7) is -0.01000. The number of nitrogens with zero attached hydrogens (tertiary/aromatic N) is 2. The lowest BCUT2D eigenvalue weighted by Gasteiger charge is -2.25. The third-order valence-electron chi connectivity index (χ3n) is 7.45. The lowest BCUT2D eigenvalue weighted by molar-refractivity contribution is 0.0697. The zero-order chi connectivity index (χ0) is 24.5. The van der Waals surface area contributed by atoms with E-state index < -0.39 is 23.0 Å². The van der Waals surface area contributed by atoms with Gasteiger partial charge in [-0.1, -0.05) is 44.2 Å². The highest BCUT2D eigenvalue weighted by Gasteiger charge is 2.25. The second kappa shape index (κ2) is 9.68. The van der Waals surface area contributed by atoms with Crippen molar-refractivity contribution in [1.29, 1.82) is 0 Å². The predicted molar refractivity (Wildman–Crippen MR) is 133 cm³/mol. The van der Waals surface area contributed by atoms with Crippen LogP contribution < -0.4 is 16.6 Å². The van der Waals surface area contributed by atoms with Crippen LogP contribution in [0.2, 0.25) is 0 Å². The zero-order valence-electron chi connectivity index (χ0n) is 19.6. The van der Waals surface area contributed by atoms with Crippen molar-refractivity contribution < 1.29 is 14.3 Å². The van der Waals surface area contributed by atoms with E-state index in [9.17, 15) is 14.4 Å². The number of rotatable bonds is 6. The Bertz CT molecular complexity index is 1360. The van der Waals surface area contributed by atoms with Crippen molar-refractivity contribution in [2.75, 3.05) is 5.32 Å². The van der Waals surface area contributed by atoms with Gasteiger partial charge in [-0.05, 0) is 55.5 Å². The fraction of sp³-hybridized carbons (Fsp3) is 0.444. The molecule has 0 aliphatic heterocycles. The minimum atomic E-state index is -1.05. The van der Waals surface area contributed by atoms with Crippen LogP contribution in [0.3, 0.4) is 0 Å². The highest BCUT2D eigenvalue weighted by Crippen LogP contribution is 2.32. The van der Waals surface area contributed by atoms with Gasteiger partial charge in [-0.15, -0.1) is 0 Å². The smallest absolute Gasteiger partial charge is 0.335 e. The summed E-state index contributed by atoms with van der Waals surface area (Å²) < 4.78 is 18.0. The predicted octanol–water partition coefficient (Wildman–Crippen LogP) is 4.91. The Labute approximate surface area is 202 Å². The first-order valence-corrected chi connectivity index (χ1v) is 12.5. The summed E-state index contributed by atoms with van der Waals surface area (Å²) in [7, 11) is 0. The number of anilines is 1. The van der Waals surface area contributed by atoms with Gasteiger partial charge in [0, 0.05) is 12.1 Å². The molecule has 2 aliphatic carbocycles. The molecule has 7 nitrogen and oxygen atoms in total. The van der Waals surface area contributed by atoms with Crippen LogP contribution in [0.5, 0.6) is 0 Å². The molecule has 0 spiro atoms. The Morgan fingerprint density at radius 1 is 0.971 bits per heavy atom. The fourth-order valence-electron chi connectivity index (χ4n) is 5.57. The quantitative estimate of drug-likeness (QED) is 0.524. The molecule has 0 amide bonds. The first-order chi connectivity index (χ1) is 16.9. The summed E-state index contributed by atoms with van der Waals surface area (Å²) in [6.07, 6.45) is 9.05. The van der Waals surface area contributed by atoms with Gasteiger partial charge in [0.05, 0.1) is 28.7 Å². The molecule has 2 N–H and O–H groups in total. The van der Waals surface area contributed by atoms with Crippen LogP contribution in [0.25, 0.3) is 10.9 Å². The highest BCUT2D eigenvalue weighted by molar-refractivity contribution is 5.87. The minimum Gasteiger partial charge on any atom is -0.478 e. The van der Waals surface area contributed by atoms with Crippen molar-refractivity contribution in [2.24, 2.45) is 0 Å². The molecule has 1 aromatic heterocycles. The minimum absolute atomic E-state index is 0.01000. The molecule has 8 heteroatoms. The number of nitrogens with one attached hydrogen (secondary N) is 1. The monoisotopic (exact) mass is 479 g/mol. The van der Waals surface area contributed by atoms with Crippen LogP contribution in [0, 0.1) is 5.82 Å². The molecule has 0 bridgehead atoms. The summed E-state index contributed by atoms with van der Waals surface area (Å²) >= 11 is 0. The maximum atomic E-state index is 15.2. The highest BCUT2D eigenvalue weighted by atomic mass is 19.1. The molecule has 0 saturated heterocycles. The fourth-order valence-corrected chi connectivity index (χ4v) is 5.57. The number of aromatic nitrogens is 2. The summed E-state index contributed by atoms with van der Waals surface area (Å²) in [5, 5.41) is 12.6. The van der Waals surface area contributed by atoms with E-state index >= 15 is 4.39 Å². The van der Waals surface area contributed by atoms with Crippen LogP contribution in [-0.4, -0.2) is 26.3 Å². The van der Waals surface area contributed by atoms with Gasteiger partial charge in [-0.3, -0.25) is 13.9 Å². The van der Waals surface area contributed by atoms with Gasteiger partial charge in [-0.2, -0.15) is 0 Å². The Balaban J connectivity index is 1.62. The van der Waals surface area contributed by atoms with Crippen molar-refractivity contribution >= 4 is 22.6 Å². The second-order valence-electron chi connectivity index (χ2n) is 9.81. The largest absolute Gasteiger partial charge is 0.478 e. The third kappa shape index (κ3) is 4.61. The number of hydrogen-bond donors (Lipinski definition) is 2. The maximum absolute atomic E-state index is 15.2. The van der Waals surface area contributed by atoms with E-state index in [2.05, 4.69) is 5.32 Å². The first-order valence-electron chi connectivity index (χ1n) is 12.5. The van der Waals surface area contributed by atoms with Crippen LogP contribution >= 0.6 is 0 Å². The van der Waals surface area contributed by atoms with Crippen LogP contribution in [0.4, 0.5) is 10.1 Å². The summed E-state index contributed by atoms with van der Waals surface area (Å²) in [5.41, 5.74) is 0.628. The molecule has 1 heterocycles. The maximum Gasteiger partial charge on any atom is 0.335 e. The number of carboxylic acids is 1. The molecule has 0 unspecified atom stereocenters. The van der Waals surface area contributed by atoms with Crippen LogP contribution in [0.1, 0.15) is 79.8 Å². The first kappa shape index (κ1) is 23.3. The lowest BCUT2D eigenvalue weighted by atomic mass is 9.95. The van der Waals surface area contributed by atoms with Gasteiger partial charge >= 0.3 is 11.7 Å². The Kier molecular flexibility index (Phi) is 6.45. The average Bonchev–Trinajstić information content (AvgIpc) is 3.38. The number of benzene rings is 2. The van der Waals surface area contributed by atoms with E-state index in [0.717, 1.165) is 55.9 Å². The van der Waals surface area contributed by atoms with Gasteiger partial charge < -0.3 is 10.4 Å². The number of halogens is 1. The average molecular weight is 480 g/mol. The van der Waals surface area contributed by atoms with E-state index in [1.54, 1.807) is 22.8 Å². The summed E-state index contributed by atoms with van der Waals surface area (Å²) in [6, 6.07) is 9.14. The third-order valence-corrected chi connectivity index (χ3v) is 7.45. The van der Waals surface area contributed by atoms with E-state index in [1.165, 1.54) is 24.6 Å². The van der Waals surface area contributed by atoms with E-state index in [4.69, 9.17) is 5.11 Å². The van der Waals surface area contributed by atoms with Crippen molar-refractivity contribution in [3.8, 4) is 0 Å². The normalized spacial score (nSPS) is 17.2. The molecule has 2 fully saturated rings. The molecular formula is C27H30FN3O4. The Morgan fingerprint density at radius 3 is 2.29 bits per heavy atom. The SMILES string of the molecule is O=C(O)c1ccc(Cn2c(=O)c3cc(F)c(NC4CCCCC4)cc3n(C3CCCC3)c2=O)cc1. The summed E-state index contributed by atoms with van der Waals surface area (Å²) in [5.74, 6) is -1.54. The van der Waals surface area contributed by atoms with E-state index in [1.807, 2.05) is 0 Å². The van der Waals surface area contributed by atoms with Gasteiger partial charge in [0.15, 0.2) is 0 Å². The molecule has 3 aromatic rings. The molecule has 2 aliphatic rings. The van der Waals surface area contributed by atoms with Gasteiger partial charge in [0.2, 0.25) is 0 Å². The van der Waals surface area contributed by atoms with Gasteiger partial charge in [0.1, 0.15) is 5.82 Å². The molecule has 184 valence electrons. The molecule has 5 rings (SSSR count). The number of fused-ring (bicyclic) bond motifs is 1. The Morgan fingerprint density at radius 2 is 1.63 bits per heavy atom. The standard InChI is InChI=1S/C27H30FN3O4/c28-22-14-21-24(15-23(22)29-19-6-2-1-3-7-19)31(20-8-4-5-9-20)27(35)30(25(21)32)16-17-10-12-18(13-11-17)26(33)34/h10-15,19-20,29H,1-9,16H2,(H,33,34). The number of carbonyl (C=O) groups is 1. The van der Waals surface area contributed by atoms with Crippen LogP contribution in [-0.2, 0) is 6.54 Å². The van der Waals surface area contributed by atoms with E-state index in [-0.39, 0.29) is 29.6 Å².